The van der Waals surface area contributed by atoms with E-state index in [1.165, 1.54) is 29.2 Å². The minimum absolute atomic E-state index is 0.0277. The molecule has 0 bridgehead atoms. The molecule has 1 atom stereocenters. The van der Waals surface area contributed by atoms with Crippen LogP contribution in [0.1, 0.15) is 5.56 Å². The minimum atomic E-state index is -0.482. The highest BCUT2D eigenvalue weighted by Crippen LogP contribution is 2.23. The summed E-state index contributed by atoms with van der Waals surface area (Å²) >= 11 is 5.24. The molecule has 116 valence electrons. The standard InChI is InChI=1S/C16H13N3O3S/c20-15-14(10-11-4-2-1-3-5-11)17-16(23)18(15)12-6-8-13(9-7-12)19(21)22/h1-9,14H,10H2,(H,17,23)/t14-/m0/s1. The fraction of sp³-hybridized carbons (Fsp3) is 0.125. The Morgan fingerprint density at radius 2 is 1.78 bits per heavy atom. The van der Waals surface area contributed by atoms with E-state index in [1.807, 2.05) is 30.3 Å². The summed E-state index contributed by atoms with van der Waals surface area (Å²) in [5, 5.41) is 14.0. The van der Waals surface area contributed by atoms with Gasteiger partial charge in [0.25, 0.3) is 11.6 Å². The van der Waals surface area contributed by atoms with Gasteiger partial charge in [0.1, 0.15) is 6.04 Å². The molecule has 23 heavy (non-hydrogen) atoms. The molecule has 0 aliphatic carbocycles. The minimum Gasteiger partial charge on any atom is -0.350 e. The molecule has 1 aliphatic heterocycles. The van der Waals surface area contributed by atoms with Gasteiger partial charge in [-0.1, -0.05) is 30.3 Å². The van der Waals surface area contributed by atoms with Crippen LogP contribution >= 0.6 is 12.2 Å². The van der Waals surface area contributed by atoms with Gasteiger partial charge in [0, 0.05) is 18.6 Å². The van der Waals surface area contributed by atoms with Crippen LogP contribution in [-0.2, 0) is 11.2 Å². The third-order valence-electron chi connectivity index (χ3n) is 3.62. The zero-order valence-electron chi connectivity index (χ0n) is 12.0. The van der Waals surface area contributed by atoms with Crippen LogP contribution in [-0.4, -0.2) is 22.0 Å². The highest BCUT2D eigenvalue weighted by Gasteiger charge is 2.36. The van der Waals surface area contributed by atoms with Crippen molar-refractivity contribution in [2.45, 2.75) is 12.5 Å². The van der Waals surface area contributed by atoms with E-state index in [0.717, 1.165) is 5.56 Å². The number of amides is 1. The van der Waals surface area contributed by atoms with Crippen LogP contribution in [0.3, 0.4) is 0 Å². The Kier molecular flexibility index (Phi) is 4.03. The summed E-state index contributed by atoms with van der Waals surface area (Å²) in [6.07, 6.45) is 0.531. The number of hydrogen-bond acceptors (Lipinski definition) is 4. The van der Waals surface area contributed by atoms with Gasteiger partial charge in [-0.25, -0.2) is 0 Å². The summed E-state index contributed by atoms with van der Waals surface area (Å²) in [5.74, 6) is -0.160. The lowest BCUT2D eigenvalue weighted by atomic mass is 10.1. The Balaban J connectivity index is 1.79. The highest BCUT2D eigenvalue weighted by molar-refractivity contribution is 7.80. The van der Waals surface area contributed by atoms with Crippen molar-refractivity contribution in [3.05, 3.63) is 70.3 Å². The Morgan fingerprint density at radius 3 is 2.39 bits per heavy atom. The number of carbonyl (C=O) groups excluding carboxylic acids is 1. The number of carbonyl (C=O) groups is 1. The van der Waals surface area contributed by atoms with Crippen LogP contribution in [0.4, 0.5) is 11.4 Å². The normalized spacial score (nSPS) is 17.2. The molecule has 1 fully saturated rings. The molecule has 1 amide bonds. The van der Waals surface area contributed by atoms with Crippen molar-refractivity contribution in [2.75, 3.05) is 4.90 Å². The number of non-ortho nitro benzene ring substituents is 1. The van der Waals surface area contributed by atoms with Crippen LogP contribution in [0.5, 0.6) is 0 Å². The number of nitrogens with one attached hydrogen (secondary N) is 1. The maximum atomic E-state index is 12.6. The number of nitro groups is 1. The molecule has 2 aromatic rings. The Morgan fingerprint density at radius 1 is 1.13 bits per heavy atom. The maximum absolute atomic E-state index is 12.6. The van der Waals surface area contributed by atoms with E-state index in [1.54, 1.807) is 0 Å². The molecule has 0 saturated carbocycles. The van der Waals surface area contributed by atoms with Gasteiger partial charge in [0.15, 0.2) is 5.11 Å². The predicted octanol–water partition coefficient (Wildman–Crippen LogP) is 2.43. The van der Waals surface area contributed by atoms with Crippen LogP contribution in [0, 0.1) is 10.1 Å². The van der Waals surface area contributed by atoms with Crippen LogP contribution < -0.4 is 10.2 Å². The van der Waals surface area contributed by atoms with Gasteiger partial charge in [-0.3, -0.25) is 19.8 Å². The molecule has 0 spiro atoms. The first-order chi connectivity index (χ1) is 11.1. The third-order valence-corrected chi connectivity index (χ3v) is 3.92. The number of hydrogen-bond donors (Lipinski definition) is 1. The second-order valence-corrected chi connectivity index (χ2v) is 5.53. The summed E-state index contributed by atoms with van der Waals surface area (Å²) in [7, 11) is 0. The van der Waals surface area contributed by atoms with E-state index < -0.39 is 11.0 Å². The lowest BCUT2D eigenvalue weighted by molar-refractivity contribution is -0.384. The van der Waals surface area contributed by atoms with Crippen LogP contribution in [0.2, 0.25) is 0 Å². The molecule has 0 aromatic heterocycles. The molecular weight excluding hydrogens is 314 g/mol. The number of nitro benzene ring substituents is 1. The van der Waals surface area contributed by atoms with Gasteiger partial charge >= 0.3 is 0 Å². The molecule has 2 aromatic carbocycles. The maximum Gasteiger partial charge on any atom is 0.269 e. The fourth-order valence-electron chi connectivity index (χ4n) is 2.49. The molecule has 7 heteroatoms. The number of nitrogens with zero attached hydrogens (tertiary/aromatic N) is 2. The van der Waals surface area contributed by atoms with Crippen molar-refractivity contribution in [1.82, 2.24) is 5.32 Å². The smallest absolute Gasteiger partial charge is 0.269 e. The Labute approximate surface area is 137 Å². The second-order valence-electron chi connectivity index (χ2n) is 5.14. The fourth-order valence-corrected chi connectivity index (χ4v) is 2.82. The van der Waals surface area contributed by atoms with E-state index in [2.05, 4.69) is 5.32 Å². The van der Waals surface area contributed by atoms with Gasteiger partial charge < -0.3 is 5.32 Å². The first-order valence-corrected chi connectivity index (χ1v) is 7.40. The molecule has 0 unspecified atom stereocenters. The van der Waals surface area contributed by atoms with E-state index in [9.17, 15) is 14.9 Å². The van der Waals surface area contributed by atoms with Gasteiger partial charge in [-0.05, 0) is 29.9 Å². The van der Waals surface area contributed by atoms with Crippen molar-refractivity contribution in [3.63, 3.8) is 0 Å². The van der Waals surface area contributed by atoms with Gasteiger partial charge in [0.05, 0.1) is 10.6 Å². The molecule has 1 saturated heterocycles. The van der Waals surface area contributed by atoms with E-state index in [-0.39, 0.29) is 11.6 Å². The van der Waals surface area contributed by atoms with Crippen molar-refractivity contribution in [3.8, 4) is 0 Å². The third kappa shape index (κ3) is 3.04. The number of anilines is 1. The molecule has 6 nitrogen and oxygen atoms in total. The molecule has 3 rings (SSSR count). The molecule has 1 aliphatic rings. The number of benzene rings is 2. The molecule has 1 N–H and O–H groups in total. The van der Waals surface area contributed by atoms with Gasteiger partial charge in [-0.2, -0.15) is 0 Å². The number of thiocarbonyl (C=S) groups is 1. The van der Waals surface area contributed by atoms with Crippen molar-refractivity contribution >= 4 is 34.6 Å². The van der Waals surface area contributed by atoms with E-state index in [0.29, 0.717) is 17.2 Å². The Bertz CT molecular complexity index is 762. The zero-order valence-corrected chi connectivity index (χ0v) is 12.8. The average molecular weight is 327 g/mol. The summed E-state index contributed by atoms with van der Waals surface area (Å²) < 4.78 is 0. The molecular formula is C16H13N3O3S. The summed E-state index contributed by atoms with van der Waals surface area (Å²) in [4.78, 5) is 24.2. The first-order valence-electron chi connectivity index (χ1n) is 6.99. The van der Waals surface area contributed by atoms with Gasteiger partial charge in [-0.15, -0.1) is 0 Å². The summed E-state index contributed by atoms with van der Waals surface area (Å²) in [6.45, 7) is 0. The van der Waals surface area contributed by atoms with Crippen molar-refractivity contribution in [1.29, 1.82) is 0 Å². The van der Waals surface area contributed by atoms with Crippen molar-refractivity contribution in [2.24, 2.45) is 0 Å². The van der Waals surface area contributed by atoms with E-state index >= 15 is 0 Å². The topological polar surface area (TPSA) is 75.5 Å². The van der Waals surface area contributed by atoms with E-state index in [4.69, 9.17) is 12.2 Å². The Hall–Kier alpha value is -2.80. The predicted molar refractivity (Wildman–Crippen MR) is 90.3 cm³/mol. The highest BCUT2D eigenvalue weighted by atomic mass is 32.1. The average Bonchev–Trinajstić information content (AvgIpc) is 2.82. The quantitative estimate of drug-likeness (QED) is 0.530. The lowest BCUT2D eigenvalue weighted by Gasteiger charge is -2.14. The summed E-state index contributed by atoms with van der Waals surface area (Å²) in [6, 6.07) is 15.0. The molecule has 0 radical (unpaired) electrons. The SMILES string of the molecule is O=C1[C@H](Cc2ccccc2)NC(=S)N1c1ccc([N+](=O)[O-])cc1. The zero-order chi connectivity index (χ0) is 16.4. The first kappa shape index (κ1) is 15.1. The summed E-state index contributed by atoms with van der Waals surface area (Å²) in [5.41, 5.74) is 1.53. The lowest BCUT2D eigenvalue weighted by Crippen LogP contribution is -2.32. The monoisotopic (exact) mass is 327 g/mol. The van der Waals surface area contributed by atoms with Crippen molar-refractivity contribution < 1.29 is 9.72 Å². The molecule has 1 heterocycles. The van der Waals surface area contributed by atoms with Crippen LogP contribution in [0.25, 0.3) is 0 Å². The largest absolute Gasteiger partial charge is 0.350 e. The second kappa shape index (κ2) is 6.13. The van der Waals surface area contributed by atoms with Gasteiger partial charge in [0.2, 0.25) is 0 Å². The van der Waals surface area contributed by atoms with Crippen LogP contribution in [0.15, 0.2) is 54.6 Å². The number of rotatable bonds is 4.